The Labute approximate surface area is 353 Å². The predicted octanol–water partition coefficient (Wildman–Crippen LogP) is 12.6. The van der Waals surface area contributed by atoms with Gasteiger partial charge in [-0.15, -0.1) is 0 Å². The summed E-state index contributed by atoms with van der Waals surface area (Å²) in [5.74, 6) is -2.38. The second-order valence-electron chi connectivity index (χ2n) is 15.9. The lowest BCUT2D eigenvalue weighted by Crippen LogP contribution is -2.34. The Morgan fingerprint density at radius 2 is 0.862 bits per heavy atom. The second-order valence-corrected chi connectivity index (χ2v) is 17.3. The minimum absolute atomic E-state index is 0.158. The van der Waals surface area contributed by atoms with E-state index >= 15 is 0 Å². The van der Waals surface area contributed by atoms with Crippen molar-refractivity contribution in [3.63, 3.8) is 0 Å². The lowest BCUT2D eigenvalue weighted by Gasteiger charge is -2.20. The summed E-state index contributed by atoms with van der Waals surface area (Å²) in [5, 5.41) is 8.90. The summed E-state index contributed by atoms with van der Waals surface area (Å²) >= 11 is 0. The van der Waals surface area contributed by atoms with Gasteiger partial charge in [0, 0.05) is 12.8 Å². The molecule has 0 saturated carbocycles. The summed E-state index contributed by atoms with van der Waals surface area (Å²) in [6.45, 7) is 2.80. The SMILES string of the molecule is CCCCCC/C=C/CCCCCCCCCC(=O)O[C@H](COC(=O)CCCCCCCCCCC/C=C/CCCCCCCC)COP(=O)(O)OC[C@H](N)C(=O)O. The molecule has 0 fully saturated rings. The number of carbonyl (C=O) groups excluding carboxylic acids is 2. The predicted molar refractivity (Wildman–Crippen MR) is 236 cm³/mol. The van der Waals surface area contributed by atoms with Gasteiger partial charge in [0.25, 0.3) is 0 Å². The summed E-state index contributed by atoms with van der Waals surface area (Å²) in [6, 6.07) is -1.52. The summed E-state index contributed by atoms with van der Waals surface area (Å²) in [4.78, 5) is 46.0. The maximum atomic E-state index is 12.6. The number of hydrogen-bond donors (Lipinski definition) is 3. The van der Waals surface area contributed by atoms with Gasteiger partial charge in [0.05, 0.1) is 13.2 Å². The first kappa shape index (κ1) is 56.0. The monoisotopic (exact) mass is 844 g/mol. The van der Waals surface area contributed by atoms with Crippen molar-refractivity contribution < 1.29 is 47.5 Å². The van der Waals surface area contributed by atoms with E-state index in [1.165, 1.54) is 128 Å². The molecule has 0 aromatic rings. The number of ether oxygens (including phenoxy) is 2. The maximum absolute atomic E-state index is 12.6. The molecule has 11 nitrogen and oxygen atoms in total. The number of carboxylic acid groups (broad SMARTS) is 1. The lowest BCUT2D eigenvalue weighted by molar-refractivity contribution is -0.161. The number of carbonyl (C=O) groups is 3. The van der Waals surface area contributed by atoms with E-state index in [9.17, 15) is 23.8 Å². The molecular weight excluding hydrogens is 757 g/mol. The molecule has 0 aliphatic carbocycles. The van der Waals surface area contributed by atoms with Crippen LogP contribution in [0.25, 0.3) is 0 Å². The van der Waals surface area contributed by atoms with Crippen LogP contribution in [0.15, 0.2) is 24.3 Å². The first-order chi connectivity index (χ1) is 28.1. The van der Waals surface area contributed by atoms with E-state index in [1.54, 1.807) is 0 Å². The number of allylic oxidation sites excluding steroid dienone is 4. The fourth-order valence-corrected chi connectivity index (χ4v) is 7.24. The number of unbranched alkanes of at least 4 members (excludes halogenated alkanes) is 26. The number of nitrogens with two attached hydrogens (primary N) is 1. The fourth-order valence-electron chi connectivity index (χ4n) is 6.47. The van der Waals surface area contributed by atoms with Gasteiger partial charge in [0.2, 0.25) is 0 Å². The number of aliphatic carboxylic acids is 1. The number of hydrogen-bond acceptors (Lipinski definition) is 9. The molecule has 0 aliphatic heterocycles. The summed E-state index contributed by atoms with van der Waals surface area (Å²) in [7, 11) is -4.72. The number of carboxylic acids is 1. The van der Waals surface area contributed by atoms with Gasteiger partial charge in [0.15, 0.2) is 6.10 Å². The first-order valence-corrected chi connectivity index (χ1v) is 24.9. The zero-order valence-electron chi connectivity index (χ0n) is 36.9. The van der Waals surface area contributed by atoms with E-state index < -0.39 is 51.1 Å². The van der Waals surface area contributed by atoms with E-state index in [0.717, 1.165) is 51.4 Å². The average molecular weight is 844 g/mol. The Hall–Kier alpha value is -2.04. The number of esters is 2. The highest BCUT2D eigenvalue weighted by atomic mass is 31.2. The lowest BCUT2D eigenvalue weighted by atomic mass is 10.1. The van der Waals surface area contributed by atoms with Crippen LogP contribution in [0.3, 0.4) is 0 Å². The standard InChI is InChI=1S/C46H86NO10P/c1-3-5-7-9-11-13-15-17-19-20-21-22-24-25-27-29-31-33-35-37-44(48)54-39-42(40-55-58(52,53)56-41-43(47)46(50)51)57-45(49)38-36-34-32-30-28-26-23-18-16-14-12-10-8-6-4-2/h14,16-17,19,42-43H,3-13,15,18,20-41,47H2,1-2H3,(H,50,51)(H,52,53)/b16-14+,19-17+/t42-,43+/m1/s1. The third-order valence-electron chi connectivity index (χ3n) is 10.2. The summed E-state index contributed by atoms with van der Waals surface area (Å²) in [5.41, 5.74) is 5.34. The quantitative estimate of drug-likeness (QED) is 0.0231. The van der Waals surface area contributed by atoms with Crippen LogP contribution in [0, 0.1) is 0 Å². The van der Waals surface area contributed by atoms with Gasteiger partial charge in [-0.2, -0.15) is 0 Å². The van der Waals surface area contributed by atoms with Gasteiger partial charge in [-0.1, -0.05) is 167 Å². The molecule has 0 aromatic carbocycles. The molecule has 0 heterocycles. The molecule has 1 unspecified atom stereocenters. The van der Waals surface area contributed by atoms with Crippen molar-refractivity contribution >= 4 is 25.7 Å². The Bertz CT molecular complexity index is 1080. The van der Waals surface area contributed by atoms with Gasteiger partial charge in [-0.3, -0.25) is 23.4 Å². The molecule has 0 amide bonds. The zero-order chi connectivity index (χ0) is 42.8. The largest absolute Gasteiger partial charge is 0.480 e. The van der Waals surface area contributed by atoms with Crippen LogP contribution in [-0.4, -0.2) is 59.9 Å². The molecular formula is C46H86NO10P. The van der Waals surface area contributed by atoms with Crippen LogP contribution in [0.5, 0.6) is 0 Å². The Kier molecular flexibility index (Phi) is 40.2. The van der Waals surface area contributed by atoms with Crippen LogP contribution >= 0.6 is 7.82 Å². The van der Waals surface area contributed by atoms with E-state index in [2.05, 4.69) is 42.7 Å². The molecule has 3 atom stereocenters. The molecule has 0 radical (unpaired) electrons. The van der Waals surface area contributed by atoms with Crippen LogP contribution in [0.2, 0.25) is 0 Å². The van der Waals surface area contributed by atoms with Crippen molar-refractivity contribution in [2.24, 2.45) is 5.73 Å². The number of rotatable bonds is 44. The fraction of sp³-hybridized carbons (Fsp3) is 0.848. The van der Waals surface area contributed by atoms with Crippen molar-refractivity contribution in [3.8, 4) is 0 Å². The van der Waals surface area contributed by atoms with Crippen LogP contribution < -0.4 is 5.73 Å². The Morgan fingerprint density at radius 3 is 1.28 bits per heavy atom. The molecule has 4 N–H and O–H groups in total. The molecule has 0 aliphatic rings. The smallest absolute Gasteiger partial charge is 0.472 e. The highest BCUT2D eigenvalue weighted by Gasteiger charge is 2.28. The van der Waals surface area contributed by atoms with Gasteiger partial charge >= 0.3 is 25.7 Å². The average Bonchev–Trinajstić information content (AvgIpc) is 3.20. The molecule has 12 heteroatoms. The van der Waals surface area contributed by atoms with Gasteiger partial charge in [-0.05, 0) is 64.2 Å². The van der Waals surface area contributed by atoms with Crippen LogP contribution in [0.1, 0.15) is 219 Å². The molecule has 58 heavy (non-hydrogen) atoms. The summed E-state index contributed by atoms with van der Waals surface area (Å²) in [6.07, 6.45) is 43.8. The molecule has 0 spiro atoms. The van der Waals surface area contributed by atoms with E-state index in [-0.39, 0.29) is 19.4 Å². The Morgan fingerprint density at radius 1 is 0.517 bits per heavy atom. The highest BCUT2D eigenvalue weighted by molar-refractivity contribution is 7.47. The molecule has 0 saturated heterocycles. The van der Waals surface area contributed by atoms with Crippen molar-refractivity contribution in [1.29, 1.82) is 0 Å². The molecule has 0 bridgehead atoms. The molecule has 340 valence electrons. The highest BCUT2D eigenvalue weighted by Crippen LogP contribution is 2.43. The molecule has 0 aromatic heterocycles. The first-order valence-electron chi connectivity index (χ1n) is 23.4. The van der Waals surface area contributed by atoms with E-state index in [1.807, 2.05) is 0 Å². The van der Waals surface area contributed by atoms with E-state index in [0.29, 0.717) is 12.8 Å². The molecule has 0 rings (SSSR count). The van der Waals surface area contributed by atoms with Crippen LogP contribution in [-0.2, 0) is 37.5 Å². The normalized spacial score (nSPS) is 13.9. The van der Waals surface area contributed by atoms with Gasteiger partial charge in [-0.25, -0.2) is 4.57 Å². The van der Waals surface area contributed by atoms with E-state index in [4.69, 9.17) is 24.8 Å². The van der Waals surface area contributed by atoms with Crippen molar-refractivity contribution in [3.05, 3.63) is 24.3 Å². The topological polar surface area (TPSA) is 172 Å². The number of phosphoric acid groups is 1. The third kappa shape index (κ3) is 40.7. The van der Waals surface area contributed by atoms with Crippen molar-refractivity contribution in [2.75, 3.05) is 19.8 Å². The Balaban J connectivity index is 4.29. The van der Waals surface area contributed by atoms with Gasteiger partial charge in [0.1, 0.15) is 12.6 Å². The van der Waals surface area contributed by atoms with Crippen molar-refractivity contribution in [1.82, 2.24) is 0 Å². The second kappa shape index (κ2) is 41.7. The zero-order valence-corrected chi connectivity index (χ0v) is 37.8. The van der Waals surface area contributed by atoms with Gasteiger partial charge < -0.3 is 25.2 Å². The minimum Gasteiger partial charge on any atom is -0.480 e. The van der Waals surface area contributed by atoms with Crippen molar-refractivity contribution in [2.45, 2.75) is 231 Å². The maximum Gasteiger partial charge on any atom is 0.472 e. The minimum atomic E-state index is -4.72. The summed E-state index contributed by atoms with van der Waals surface area (Å²) < 4.78 is 32.7. The third-order valence-corrected chi connectivity index (χ3v) is 11.1. The van der Waals surface area contributed by atoms with Crippen LogP contribution in [0.4, 0.5) is 0 Å². The number of phosphoric ester groups is 1.